The van der Waals surface area contributed by atoms with Crippen molar-refractivity contribution in [1.29, 1.82) is 0 Å². The molecule has 1 N–H and O–H groups in total. The van der Waals surface area contributed by atoms with Crippen molar-refractivity contribution in [3.8, 4) is 0 Å². The van der Waals surface area contributed by atoms with E-state index in [1.54, 1.807) is 0 Å². The number of aliphatic hydroxyl groups excluding tert-OH is 1. The SMILES string of the molecule is COC[C@]12CCC(O)CC1=CC[C@@H]1[C@H]2CC[C@]2(C)C(OC)CC[C@@H]12. The van der Waals surface area contributed by atoms with Crippen LogP contribution in [0.15, 0.2) is 11.6 Å². The second-order valence-electron chi connectivity index (χ2n) is 9.17. The van der Waals surface area contributed by atoms with E-state index in [2.05, 4.69) is 13.0 Å². The van der Waals surface area contributed by atoms with E-state index in [0.29, 0.717) is 11.5 Å². The number of fused-ring (bicyclic) bond motifs is 5. The average Bonchev–Trinajstić information content (AvgIpc) is 2.92. The lowest BCUT2D eigenvalue weighted by Gasteiger charge is -2.58. The summed E-state index contributed by atoms with van der Waals surface area (Å²) in [6, 6.07) is 0. The highest BCUT2D eigenvalue weighted by molar-refractivity contribution is 5.26. The van der Waals surface area contributed by atoms with E-state index in [-0.39, 0.29) is 11.5 Å². The van der Waals surface area contributed by atoms with Crippen molar-refractivity contribution >= 4 is 0 Å². The van der Waals surface area contributed by atoms with Crippen LogP contribution < -0.4 is 0 Å². The van der Waals surface area contributed by atoms with Crippen molar-refractivity contribution in [2.45, 2.75) is 70.5 Å². The van der Waals surface area contributed by atoms with Gasteiger partial charge in [-0.2, -0.15) is 0 Å². The molecule has 0 aliphatic heterocycles. The minimum Gasteiger partial charge on any atom is -0.393 e. The van der Waals surface area contributed by atoms with Gasteiger partial charge in [0, 0.05) is 19.6 Å². The van der Waals surface area contributed by atoms with Gasteiger partial charge in [-0.15, -0.1) is 0 Å². The largest absolute Gasteiger partial charge is 0.393 e. The first-order valence-corrected chi connectivity index (χ1v) is 9.94. The molecule has 0 amide bonds. The zero-order valence-electron chi connectivity index (χ0n) is 15.6. The van der Waals surface area contributed by atoms with Gasteiger partial charge in [0.15, 0.2) is 0 Å². The van der Waals surface area contributed by atoms with Crippen molar-refractivity contribution in [3.63, 3.8) is 0 Å². The number of aliphatic hydroxyl groups is 1. The summed E-state index contributed by atoms with van der Waals surface area (Å²) in [6.07, 6.45) is 12.1. The summed E-state index contributed by atoms with van der Waals surface area (Å²) in [6.45, 7) is 3.33. The number of hydrogen-bond donors (Lipinski definition) is 1. The Balaban J connectivity index is 1.68. The Labute approximate surface area is 146 Å². The lowest BCUT2D eigenvalue weighted by Crippen LogP contribution is -2.53. The van der Waals surface area contributed by atoms with Gasteiger partial charge >= 0.3 is 0 Å². The quantitative estimate of drug-likeness (QED) is 0.794. The maximum atomic E-state index is 10.2. The molecule has 0 aromatic carbocycles. The van der Waals surface area contributed by atoms with E-state index < -0.39 is 0 Å². The zero-order chi connectivity index (χ0) is 16.9. The Morgan fingerprint density at radius 2 is 1.96 bits per heavy atom. The van der Waals surface area contributed by atoms with Crippen LogP contribution in [0.25, 0.3) is 0 Å². The van der Waals surface area contributed by atoms with Crippen LogP contribution >= 0.6 is 0 Å². The van der Waals surface area contributed by atoms with Crippen LogP contribution in [0.3, 0.4) is 0 Å². The van der Waals surface area contributed by atoms with Crippen LogP contribution in [0, 0.1) is 28.6 Å². The molecule has 3 nitrogen and oxygen atoms in total. The minimum absolute atomic E-state index is 0.143. The normalized spacial score (nSPS) is 50.7. The predicted octanol–water partition coefficient (Wildman–Crippen LogP) is 3.95. The molecule has 0 spiro atoms. The molecule has 3 heteroatoms. The van der Waals surface area contributed by atoms with E-state index in [4.69, 9.17) is 9.47 Å². The molecule has 3 saturated carbocycles. The van der Waals surface area contributed by atoms with Crippen LogP contribution in [-0.4, -0.2) is 38.1 Å². The van der Waals surface area contributed by atoms with Crippen molar-refractivity contribution in [3.05, 3.63) is 11.6 Å². The average molecular weight is 335 g/mol. The van der Waals surface area contributed by atoms with Crippen molar-refractivity contribution in [2.75, 3.05) is 20.8 Å². The van der Waals surface area contributed by atoms with Gasteiger partial charge in [-0.25, -0.2) is 0 Å². The summed E-state index contributed by atoms with van der Waals surface area (Å²) in [5.74, 6) is 2.30. The Bertz CT molecular complexity index is 515. The molecular weight excluding hydrogens is 300 g/mol. The summed E-state index contributed by atoms with van der Waals surface area (Å²) in [4.78, 5) is 0. The van der Waals surface area contributed by atoms with Crippen molar-refractivity contribution in [2.24, 2.45) is 28.6 Å². The standard InChI is InChI=1S/C21H34O3/c1-20-10-9-18-16(17(20)6-7-19(20)24-3)5-4-14-12-15(22)8-11-21(14,18)13-23-2/h4,15-19,22H,5-13H2,1-3H3/t15?,16-,17-,18+,19?,20-,21+/m0/s1. The van der Waals surface area contributed by atoms with Crippen molar-refractivity contribution in [1.82, 2.24) is 0 Å². The molecule has 4 aliphatic rings. The summed E-state index contributed by atoms with van der Waals surface area (Å²) in [5, 5.41) is 10.2. The first kappa shape index (κ1) is 17.1. The van der Waals surface area contributed by atoms with Crippen LogP contribution in [-0.2, 0) is 9.47 Å². The maximum absolute atomic E-state index is 10.2. The molecule has 0 heterocycles. The number of hydrogen-bond acceptors (Lipinski definition) is 3. The van der Waals surface area contributed by atoms with Crippen molar-refractivity contribution < 1.29 is 14.6 Å². The highest BCUT2D eigenvalue weighted by atomic mass is 16.5. The topological polar surface area (TPSA) is 38.7 Å². The second-order valence-corrected chi connectivity index (χ2v) is 9.17. The third kappa shape index (κ3) is 2.27. The van der Waals surface area contributed by atoms with E-state index in [9.17, 15) is 5.11 Å². The molecule has 0 aromatic rings. The van der Waals surface area contributed by atoms with Crippen LogP contribution in [0.4, 0.5) is 0 Å². The molecule has 4 rings (SSSR count). The third-order valence-electron chi connectivity index (χ3n) is 8.40. The number of methoxy groups -OCH3 is 2. The van der Waals surface area contributed by atoms with Gasteiger partial charge in [0.25, 0.3) is 0 Å². The Kier molecular flexibility index (Phi) is 4.34. The van der Waals surface area contributed by atoms with E-state index in [0.717, 1.165) is 43.6 Å². The molecule has 24 heavy (non-hydrogen) atoms. The molecule has 2 unspecified atom stereocenters. The van der Waals surface area contributed by atoms with Gasteiger partial charge in [0.2, 0.25) is 0 Å². The first-order chi connectivity index (χ1) is 11.5. The summed E-state index contributed by atoms with van der Waals surface area (Å²) < 4.78 is 11.6. The lowest BCUT2D eigenvalue weighted by molar-refractivity contribution is -0.100. The molecule has 0 radical (unpaired) electrons. The Morgan fingerprint density at radius 1 is 1.12 bits per heavy atom. The van der Waals surface area contributed by atoms with Gasteiger partial charge < -0.3 is 14.6 Å². The van der Waals surface area contributed by atoms with Gasteiger partial charge in [-0.05, 0) is 74.5 Å². The fourth-order valence-electron chi connectivity index (χ4n) is 7.30. The fraction of sp³-hybridized carbons (Fsp3) is 0.905. The fourth-order valence-corrected chi connectivity index (χ4v) is 7.30. The first-order valence-electron chi connectivity index (χ1n) is 9.94. The highest BCUT2D eigenvalue weighted by Crippen LogP contribution is 2.65. The zero-order valence-corrected chi connectivity index (χ0v) is 15.6. The number of rotatable bonds is 3. The highest BCUT2D eigenvalue weighted by Gasteiger charge is 2.60. The van der Waals surface area contributed by atoms with E-state index in [1.807, 2.05) is 14.2 Å². The predicted molar refractivity (Wildman–Crippen MR) is 94.7 cm³/mol. The van der Waals surface area contributed by atoms with E-state index >= 15 is 0 Å². The summed E-state index contributed by atoms with van der Waals surface area (Å²) in [7, 11) is 3.75. The maximum Gasteiger partial charge on any atom is 0.0627 e. The Hall–Kier alpha value is -0.380. The van der Waals surface area contributed by atoms with Gasteiger partial charge in [0.05, 0.1) is 18.8 Å². The summed E-state index contributed by atoms with van der Waals surface area (Å²) >= 11 is 0. The molecule has 3 fully saturated rings. The molecular formula is C21H34O3. The molecule has 4 aliphatic carbocycles. The minimum atomic E-state index is -0.143. The van der Waals surface area contributed by atoms with Gasteiger partial charge in [0.1, 0.15) is 0 Å². The summed E-state index contributed by atoms with van der Waals surface area (Å²) in [5.41, 5.74) is 2.07. The number of ether oxygens (including phenoxy) is 2. The van der Waals surface area contributed by atoms with Crippen LogP contribution in [0.5, 0.6) is 0 Å². The number of allylic oxidation sites excluding steroid dienone is 1. The smallest absolute Gasteiger partial charge is 0.0627 e. The van der Waals surface area contributed by atoms with Crippen LogP contribution in [0.1, 0.15) is 58.3 Å². The molecule has 0 bridgehead atoms. The molecule has 136 valence electrons. The Morgan fingerprint density at radius 3 is 2.71 bits per heavy atom. The van der Waals surface area contributed by atoms with Gasteiger partial charge in [-0.1, -0.05) is 18.6 Å². The third-order valence-corrected chi connectivity index (χ3v) is 8.40. The van der Waals surface area contributed by atoms with Gasteiger partial charge in [-0.3, -0.25) is 0 Å². The lowest BCUT2D eigenvalue weighted by atomic mass is 9.47. The van der Waals surface area contributed by atoms with E-state index in [1.165, 1.54) is 37.7 Å². The monoisotopic (exact) mass is 334 g/mol. The molecule has 0 saturated heterocycles. The second kappa shape index (κ2) is 6.10. The van der Waals surface area contributed by atoms with Crippen LogP contribution in [0.2, 0.25) is 0 Å². The molecule has 7 atom stereocenters. The molecule has 0 aromatic heterocycles.